The fraction of sp³-hybridized carbons (Fsp3) is 0.941. The van der Waals surface area contributed by atoms with Crippen LogP contribution in [-0.4, -0.2) is 47.2 Å². The minimum Gasteiger partial charge on any atom is -0.480 e. The number of aliphatic carboxylic acids is 1. The molecule has 3 aliphatic rings. The van der Waals surface area contributed by atoms with Gasteiger partial charge < -0.3 is 10.0 Å². The lowest BCUT2D eigenvalue weighted by Gasteiger charge is -2.40. The molecule has 3 fully saturated rings. The van der Waals surface area contributed by atoms with Crippen molar-refractivity contribution in [2.45, 2.75) is 75.9 Å². The molecule has 0 radical (unpaired) electrons. The van der Waals surface area contributed by atoms with E-state index < -0.39 is 11.5 Å². The number of carboxylic acid groups (broad SMARTS) is 1. The van der Waals surface area contributed by atoms with Gasteiger partial charge in [-0.15, -0.1) is 0 Å². The van der Waals surface area contributed by atoms with Crippen LogP contribution in [0, 0.1) is 11.8 Å². The van der Waals surface area contributed by atoms with Gasteiger partial charge in [0, 0.05) is 18.6 Å². The predicted molar refractivity (Wildman–Crippen MR) is 83.3 cm³/mol. The van der Waals surface area contributed by atoms with E-state index in [2.05, 4.69) is 24.2 Å². The Morgan fingerprint density at radius 1 is 1.24 bits per heavy atom. The first kappa shape index (κ1) is 15.3. The molecule has 3 aliphatic carbocycles. The van der Waals surface area contributed by atoms with Crippen LogP contribution in [0.5, 0.6) is 0 Å². The van der Waals surface area contributed by atoms with Gasteiger partial charge in [0.05, 0.1) is 0 Å². The van der Waals surface area contributed by atoms with E-state index in [4.69, 9.17) is 0 Å². The predicted octanol–water partition coefficient (Wildman–Crippen LogP) is 2.48. The zero-order chi connectivity index (χ0) is 15.0. The summed E-state index contributed by atoms with van der Waals surface area (Å²) in [6.45, 7) is 2.99. The van der Waals surface area contributed by atoms with Crippen molar-refractivity contribution < 1.29 is 9.90 Å². The smallest absolute Gasteiger partial charge is 0.325 e. The maximum absolute atomic E-state index is 12.1. The van der Waals surface area contributed by atoms with Gasteiger partial charge in [-0.2, -0.15) is 0 Å². The van der Waals surface area contributed by atoms with Crippen molar-refractivity contribution in [2.24, 2.45) is 11.8 Å². The largest absolute Gasteiger partial charge is 0.480 e. The molecule has 0 aromatic rings. The molecule has 21 heavy (non-hydrogen) atoms. The molecule has 0 saturated heterocycles. The van der Waals surface area contributed by atoms with E-state index in [0.29, 0.717) is 24.5 Å². The molecule has 0 heterocycles. The Balaban J connectivity index is 1.69. The third-order valence-electron chi connectivity index (χ3n) is 5.73. The van der Waals surface area contributed by atoms with Gasteiger partial charge >= 0.3 is 5.97 Å². The van der Waals surface area contributed by atoms with E-state index in [-0.39, 0.29) is 0 Å². The zero-order valence-electron chi connectivity index (χ0n) is 13.5. The van der Waals surface area contributed by atoms with Crippen molar-refractivity contribution in [3.8, 4) is 0 Å². The molecule has 2 N–H and O–H groups in total. The highest BCUT2D eigenvalue weighted by molar-refractivity contribution is 5.80. The minimum absolute atomic E-state index is 0.332. The molecular formula is C17H30N2O2. The highest BCUT2D eigenvalue weighted by Gasteiger charge is 2.54. The monoisotopic (exact) mass is 294 g/mol. The summed E-state index contributed by atoms with van der Waals surface area (Å²) in [5.74, 6) is 0.481. The van der Waals surface area contributed by atoms with E-state index >= 15 is 0 Å². The van der Waals surface area contributed by atoms with Crippen LogP contribution >= 0.6 is 0 Å². The van der Waals surface area contributed by atoms with Gasteiger partial charge in [-0.05, 0) is 57.4 Å². The Kier molecular flexibility index (Phi) is 4.28. The minimum atomic E-state index is -0.698. The topological polar surface area (TPSA) is 52.6 Å². The highest BCUT2D eigenvalue weighted by Crippen LogP contribution is 2.43. The maximum atomic E-state index is 12.1. The van der Waals surface area contributed by atoms with Crippen LogP contribution in [0.25, 0.3) is 0 Å². The van der Waals surface area contributed by atoms with Crippen molar-refractivity contribution in [3.63, 3.8) is 0 Å². The second kappa shape index (κ2) is 5.88. The Hall–Kier alpha value is -0.610. The quantitative estimate of drug-likeness (QED) is 0.757. The molecule has 3 saturated carbocycles. The van der Waals surface area contributed by atoms with Crippen LogP contribution in [0.2, 0.25) is 0 Å². The fourth-order valence-electron chi connectivity index (χ4n) is 4.09. The average Bonchev–Trinajstić information content (AvgIpc) is 3.30. The normalized spacial score (nSPS) is 32.9. The van der Waals surface area contributed by atoms with Gasteiger partial charge in [0.1, 0.15) is 5.54 Å². The fourth-order valence-corrected chi connectivity index (χ4v) is 4.09. The standard InChI is InChI=1S/C17H30N2O2/c1-12-4-3-5-15(10-12)19(2)11-17(16(20)21,13-6-7-13)18-14-8-9-14/h12-15,18H,3-11H2,1-2H3,(H,20,21). The van der Waals surface area contributed by atoms with E-state index in [1.807, 2.05) is 0 Å². The van der Waals surface area contributed by atoms with Crippen LogP contribution < -0.4 is 5.32 Å². The molecule has 0 spiro atoms. The van der Waals surface area contributed by atoms with E-state index in [1.165, 1.54) is 25.7 Å². The summed E-state index contributed by atoms with van der Waals surface area (Å²) in [4.78, 5) is 14.4. The first-order valence-corrected chi connectivity index (χ1v) is 8.72. The molecule has 3 rings (SSSR count). The van der Waals surface area contributed by atoms with Crippen LogP contribution in [0.1, 0.15) is 58.3 Å². The van der Waals surface area contributed by atoms with E-state index in [1.54, 1.807) is 0 Å². The lowest BCUT2D eigenvalue weighted by atomic mass is 9.85. The number of carbonyl (C=O) groups is 1. The molecule has 3 atom stereocenters. The Bertz CT molecular complexity index is 392. The van der Waals surface area contributed by atoms with Gasteiger partial charge in [0.25, 0.3) is 0 Å². The number of nitrogens with zero attached hydrogens (tertiary/aromatic N) is 1. The summed E-state index contributed by atoms with van der Waals surface area (Å²) < 4.78 is 0. The summed E-state index contributed by atoms with van der Waals surface area (Å²) in [6, 6.07) is 1.01. The lowest BCUT2D eigenvalue weighted by Crippen LogP contribution is -2.62. The third kappa shape index (κ3) is 3.42. The third-order valence-corrected chi connectivity index (χ3v) is 5.73. The Labute approximate surface area is 128 Å². The van der Waals surface area contributed by atoms with Crippen molar-refractivity contribution in [3.05, 3.63) is 0 Å². The number of hydrogen-bond donors (Lipinski definition) is 2. The van der Waals surface area contributed by atoms with Crippen molar-refractivity contribution in [1.82, 2.24) is 10.2 Å². The first-order valence-electron chi connectivity index (χ1n) is 8.72. The average molecular weight is 294 g/mol. The molecule has 0 aromatic carbocycles. The number of rotatable bonds is 7. The van der Waals surface area contributed by atoms with Gasteiger partial charge in [0.15, 0.2) is 0 Å². The molecule has 0 aromatic heterocycles. The van der Waals surface area contributed by atoms with Crippen LogP contribution in [0.15, 0.2) is 0 Å². The summed E-state index contributed by atoms with van der Waals surface area (Å²) in [7, 11) is 2.14. The molecule has 3 unspecified atom stereocenters. The molecule has 0 amide bonds. The molecule has 0 aliphatic heterocycles. The van der Waals surface area contributed by atoms with Crippen LogP contribution in [0.3, 0.4) is 0 Å². The highest BCUT2D eigenvalue weighted by atomic mass is 16.4. The molecule has 0 bridgehead atoms. The number of likely N-dealkylation sites (N-methyl/N-ethyl adjacent to an activating group) is 1. The van der Waals surface area contributed by atoms with E-state index in [9.17, 15) is 9.90 Å². The summed E-state index contributed by atoms with van der Waals surface area (Å²) in [5.41, 5.74) is -0.698. The number of nitrogens with one attached hydrogen (secondary N) is 1. The number of carboxylic acids is 1. The van der Waals surface area contributed by atoms with Gasteiger partial charge in [0.2, 0.25) is 0 Å². The number of hydrogen-bond acceptors (Lipinski definition) is 3. The summed E-state index contributed by atoms with van der Waals surface area (Å²) in [6.07, 6.45) is 9.50. The van der Waals surface area contributed by atoms with Crippen molar-refractivity contribution >= 4 is 5.97 Å². The van der Waals surface area contributed by atoms with Crippen LogP contribution in [0.4, 0.5) is 0 Å². The first-order chi connectivity index (χ1) is 10.0. The molecule has 120 valence electrons. The zero-order valence-corrected chi connectivity index (χ0v) is 13.5. The van der Waals surface area contributed by atoms with Gasteiger partial charge in [-0.25, -0.2) is 0 Å². The second-order valence-corrected chi connectivity index (χ2v) is 7.81. The second-order valence-electron chi connectivity index (χ2n) is 7.81. The molecular weight excluding hydrogens is 264 g/mol. The van der Waals surface area contributed by atoms with Gasteiger partial charge in [-0.3, -0.25) is 10.1 Å². The Morgan fingerprint density at radius 2 is 1.95 bits per heavy atom. The van der Waals surface area contributed by atoms with Crippen molar-refractivity contribution in [1.29, 1.82) is 0 Å². The molecule has 4 heteroatoms. The summed E-state index contributed by atoms with van der Waals surface area (Å²) >= 11 is 0. The van der Waals surface area contributed by atoms with Gasteiger partial charge in [-0.1, -0.05) is 19.8 Å². The lowest BCUT2D eigenvalue weighted by molar-refractivity contribution is -0.147. The Morgan fingerprint density at radius 3 is 2.48 bits per heavy atom. The summed E-state index contributed by atoms with van der Waals surface area (Å²) in [5, 5.41) is 13.4. The SMILES string of the molecule is CC1CCCC(N(C)CC(NC2CC2)(C(=O)O)C2CC2)C1. The molecule has 4 nitrogen and oxygen atoms in total. The maximum Gasteiger partial charge on any atom is 0.325 e. The van der Waals surface area contributed by atoms with Crippen LogP contribution in [-0.2, 0) is 4.79 Å². The van der Waals surface area contributed by atoms with E-state index in [0.717, 1.165) is 31.6 Å². The van der Waals surface area contributed by atoms with Crippen molar-refractivity contribution in [2.75, 3.05) is 13.6 Å².